The molecular formula is C30H37N3O4. The quantitative estimate of drug-likeness (QED) is 0.390. The van der Waals surface area contributed by atoms with Crippen molar-refractivity contribution in [3.8, 4) is 11.8 Å². The Bertz CT molecular complexity index is 1300. The predicted molar refractivity (Wildman–Crippen MR) is 144 cm³/mol. The number of hydrogen-bond donors (Lipinski definition) is 0. The van der Waals surface area contributed by atoms with E-state index in [1.807, 2.05) is 71.0 Å². The number of piperidine rings is 1. The average Bonchev–Trinajstić information content (AvgIpc) is 3.32. The van der Waals surface area contributed by atoms with Crippen LogP contribution in [0.1, 0.15) is 68.8 Å². The molecule has 0 amide bonds. The summed E-state index contributed by atoms with van der Waals surface area (Å²) < 4.78 is 19.1. The van der Waals surface area contributed by atoms with E-state index in [4.69, 9.17) is 14.2 Å². The molecular weight excluding hydrogens is 466 g/mol. The zero-order valence-electron chi connectivity index (χ0n) is 22.7. The normalized spacial score (nSPS) is 18.5. The van der Waals surface area contributed by atoms with E-state index in [0.29, 0.717) is 18.7 Å². The van der Waals surface area contributed by atoms with Crippen molar-refractivity contribution in [1.29, 1.82) is 5.26 Å². The summed E-state index contributed by atoms with van der Waals surface area (Å²) in [7, 11) is 1.69. The van der Waals surface area contributed by atoms with Gasteiger partial charge in [-0.2, -0.15) is 5.26 Å². The van der Waals surface area contributed by atoms with Crippen molar-refractivity contribution in [3.63, 3.8) is 0 Å². The molecule has 3 aromatic rings. The lowest BCUT2D eigenvalue weighted by molar-refractivity contribution is -0.0138. The SMILES string of the molecule is CCO[C@H]1CCN(Cc2c(OC)cc(C)c3c2ccn3C(=O)OC(C)(C)C)[C@H](c2ccc(C#N)cc2)C1. The van der Waals surface area contributed by atoms with E-state index >= 15 is 0 Å². The second kappa shape index (κ2) is 11.0. The Labute approximate surface area is 219 Å². The number of fused-ring (bicyclic) bond motifs is 1. The second-order valence-electron chi connectivity index (χ2n) is 10.6. The summed E-state index contributed by atoms with van der Waals surface area (Å²) in [6, 6.07) is 14.2. The largest absolute Gasteiger partial charge is 0.496 e. The lowest BCUT2D eigenvalue weighted by Crippen LogP contribution is -2.39. The summed E-state index contributed by atoms with van der Waals surface area (Å²) in [4.78, 5) is 15.4. The number of aromatic nitrogens is 1. The van der Waals surface area contributed by atoms with Gasteiger partial charge in [0.15, 0.2) is 0 Å². The van der Waals surface area contributed by atoms with Crippen LogP contribution >= 0.6 is 0 Å². The predicted octanol–water partition coefficient (Wildman–Crippen LogP) is 6.36. The number of carbonyl (C=O) groups is 1. The Morgan fingerprint density at radius 3 is 2.54 bits per heavy atom. The van der Waals surface area contributed by atoms with Gasteiger partial charge in [0.05, 0.1) is 30.4 Å². The lowest BCUT2D eigenvalue weighted by Gasteiger charge is -2.40. The van der Waals surface area contributed by atoms with Crippen LogP contribution in [-0.2, 0) is 16.0 Å². The topological polar surface area (TPSA) is 76.7 Å². The second-order valence-corrected chi connectivity index (χ2v) is 10.6. The van der Waals surface area contributed by atoms with Crippen LogP contribution in [0.5, 0.6) is 5.75 Å². The molecule has 7 heteroatoms. The molecule has 1 fully saturated rings. The zero-order valence-corrected chi connectivity index (χ0v) is 22.7. The van der Waals surface area contributed by atoms with Gasteiger partial charge in [0, 0.05) is 42.9 Å². The van der Waals surface area contributed by atoms with Gasteiger partial charge in [-0.3, -0.25) is 9.47 Å². The molecule has 1 aromatic heterocycles. The first-order valence-corrected chi connectivity index (χ1v) is 12.9. The van der Waals surface area contributed by atoms with Crippen LogP contribution in [0.3, 0.4) is 0 Å². The molecule has 7 nitrogen and oxygen atoms in total. The maximum absolute atomic E-state index is 13.0. The number of nitriles is 1. The highest BCUT2D eigenvalue weighted by Gasteiger charge is 2.32. The van der Waals surface area contributed by atoms with Crippen molar-refractivity contribution >= 4 is 17.0 Å². The summed E-state index contributed by atoms with van der Waals surface area (Å²) >= 11 is 0. The third-order valence-electron chi connectivity index (χ3n) is 6.89. The van der Waals surface area contributed by atoms with Crippen molar-refractivity contribution in [2.24, 2.45) is 0 Å². The Hall–Kier alpha value is -3.34. The fourth-order valence-electron chi connectivity index (χ4n) is 5.26. The van der Waals surface area contributed by atoms with Crippen molar-refractivity contribution in [2.75, 3.05) is 20.3 Å². The van der Waals surface area contributed by atoms with Crippen LogP contribution in [0.25, 0.3) is 10.9 Å². The molecule has 0 saturated carbocycles. The van der Waals surface area contributed by atoms with E-state index in [2.05, 4.69) is 11.0 Å². The van der Waals surface area contributed by atoms with E-state index in [1.54, 1.807) is 17.9 Å². The molecule has 0 aliphatic carbocycles. The smallest absolute Gasteiger partial charge is 0.419 e. The van der Waals surface area contributed by atoms with Crippen LogP contribution in [0.2, 0.25) is 0 Å². The average molecular weight is 504 g/mol. The molecule has 0 spiro atoms. The lowest BCUT2D eigenvalue weighted by atomic mass is 9.91. The van der Waals surface area contributed by atoms with Crippen molar-refractivity contribution in [2.45, 2.75) is 71.8 Å². The molecule has 0 bridgehead atoms. The fraction of sp³-hybridized carbons (Fsp3) is 0.467. The molecule has 196 valence electrons. The van der Waals surface area contributed by atoms with Gasteiger partial charge < -0.3 is 14.2 Å². The minimum atomic E-state index is -0.587. The Morgan fingerprint density at radius 1 is 1.19 bits per heavy atom. The Balaban J connectivity index is 1.73. The molecule has 0 radical (unpaired) electrons. The van der Waals surface area contributed by atoms with Gasteiger partial charge in [-0.15, -0.1) is 0 Å². The van der Waals surface area contributed by atoms with Crippen molar-refractivity contribution < 1.29 is 19.0 Å². The van der Waals surface area contributed by atoms with Gasteiger partial charge in [0.1, 0.15) is 11.4 Å². The number of likely N-dealkylation sites (tertiary alicyclic amines) is 1. The maximum Gasteiger partial charge on any atom is 0.419 e. The monoisotopic (exact) mass is 503 g/mol. The van der Waals surface area contributed by atoms with Crippen molar-refractivity contribution in [3.05, 3.63) is 64.8 Å². The first-order chi connectivity index (χ1) is 17.6. The molecule has 1 aliphatic heterocycles. The summed E-state index contributed by atoms with van der Waals surface area (Å²) in [6.07, 6.45) is 3.39. The molecule has 4 rings (SSSR count). The molecule has 2 aromatic carbocycles. The molecule has 2 heterocycles. The highest BCUT2D eigenvalue weighted by Crippen LogP contribution is 2.38. The van der Waals surface area contributed by atoms with Gasteiger partial charge >= 0.3 is 6.09 Å². The van der Waals surface area contributed by atoms with Gasteiger partial charge in [-0.05, 0) is 82.9 Å². The number of hydrogen-bond acceptors (Lipinski definition) is 6. The number of ether oxygens (including phenoxy) is 3. The highest BCUT2D eigenvalue weighted by molar-refractivity contribution is 5.95. The minimum Gasteiger partial charge on any atom is -0.496 e. The standard InChI is InChI=1S/C30H37N3O4/c1-7-36-23-12-14-32(26(17-23)22-10-8-21(18-31)9-11-22)19-25-24-13-15-33(29(34)37-30(3,4)5)28(24)20(2)16-27(25)35-6/h8-11,13,15-16,23,26H,7,12,14,17,19H2,1-6H3/t23-,26-/m0/s1. The van der Waals surface area contributed by atoms with Crippen molar-refractivity contribution in [1.82, 2.24) is 9.47 Å². The third kappa shape index (κ3) is 5.82. The summed E-state index contributed by atoms with van der Waals surface area (Å²) in [5, 5.41) is 10.2. The van der Waals surface area contributed by atoms with E-state index in [0.717, 1.165) is 52.7 Å². The van der Waals surface area contributed by atoms with Crippen LogP contribution in [-0.4, -0.2) is 47.5 Å². The molecule has 37 heavy (non-hydrogen) atoms. The van der Waals surface area contributed by atoms with E-state index in [9.17, 15) is 10.1 Å². The minimum absolute atomic E-state index is 0.132. The van der Waals surface area contributed by atoms with Crippen LogP contribution < -0.4 is 4.74 Å². The molecule has 0 unspecified atom stereocenters. The number of carbonyl (C=O) groups excluding carboxylic acids is 1. The summed E-state index contributed by atoms with van der Waals surface area (Å²) in [5.41, 5.74) is 4.05. The summed E-state index contributed by atoms with van der Waals surface area (Å²) in [6.45, 7) is 11.8. The summed E-state index contributed by atoms with van der Waals surface area (Å²) in [5.74, 6) is 0.803. The van der Waals surface area contributed by atoms with Crippen LogP contribution in [0, 0.1) is 18.3 Å². The van der Waals surface area contributed by atoms with Gasteiger partial charge in [-0.1, -0.05) is 12.1 Å². The maximum atomic E-state index is 13.0. The van der Waals surface area contributed by atoms with Gasteiger partial charge in [0.25, 0.3) is 0 Å². The number of aryl methyl sites for hydroxylation is 1. The van der Waals surface area contributed by atoms with Crippen LogP contribution in [0.15, 0.2) is 42.6 Å². The number of benzene rings is 2. The Morgan fingerprint density at radius 2 is 1.92 bits per heavy atom. The van der Waals surface area contributed by atoms with Crippen LogP contribution in [0.4, 0.5) is 4.79 Å². The van der Waals surface area contributed by atoms with Gasteiger partial charge in [-0.25, -0.2) is 4.79 Å². The number of rotatable bonds is 6. The van der Waals surface area contributed by atoms with E-state index in [1.165, 1.54) is 0 Å². The molecule has 0 N–H and O–H groups in total. The Kier molecular flexibility index (Phi) is 7.91. The number of methoxy groups -OCH3 is 1. The zero-order chi connectivity index (χ0) is 26.7. The first-order valence-electron chi connectivity index (χ1n) is 12.9. The third-order valence-corrected chi connectivity index (χ3v) is 6.89. The van der Waals surface area contributed by atoms with E-state index in [-0.39, 0.29) is 12.1 Å². The first kappa shape index (κ1) is 26.7. The van der Waals surface area contributed by atoms with E-state index < -0.39 is 11.7 Å². The fourth-order valence-corrected chi connectivity index (χ4v) is 5.26. The highest BCUT2D eigenvalue weighted by atomic mass is 16.6. The molecule has 2 atom stereocenters. The number of nitrogens with zero attached hydrogens (tertiary/aromatic N) is 3. The molecule has 1 aliphatic rings. The van der Waals surface area contributed by atoms with Gasteiger partial charge in [0.2, 0.25) is 0 Å². The molecule has 1 saturated heterocycles.